The smallest absolute Gasteiger partial charge is 0.0351 e. The average molecular weight is 332 g/mol. The van der Waals surface area contributed by atoms with Gasteiger partial charge in [-0.25, -0.2) is 0 Å². The Hall–Kier alpha value is -3.12. The molecular formula is C26H20. The molecule has 0 amide bonds. The molecule has 124 valence electrons. The third-order valence-electron chi connectivity index (χ3n) is 5.45. The molecule has 0 spiro atoms. The summed E-state index contributed by atoms with van der Waals surface area (Å²) in [5.41, 5.74) is 9.80. The van der Waals surface area contributed by atoms with Crippen molar-refractivity contribution < 1.29 is 0 Å². The van der Waals surface area contributed by atoms with E-state index < -0.39 is 0 Å². The molecule has 0 heteroatoms. The number of hydrogen-bond donors (Lipinski definition) is 0. The lowest BCUT2D eigenvalue weighted by atomic mass is 9.72. The summed E-state index contributed by atoms with van der Waals surface area (Å²) in [6, 6.07) is 37.4. The molecule has 1 aliphatic rings. The quantitative estimate of drug-likeness (QED) is 0.349. The minimum Gasteiger partial charge on any atom is -0.0622 e. The molecule has 1 aliphatic carbocycles. The summed E-state index contributed by atoms with van der Waals surface area (Å²) < 4.78 is 0. The van der Waals surface area contributed by atoms with Crippen molar-refractivity contribution in [3.05, 3.63) is 131 Å². The van der Waals surface area contributed by atoms with Crippen LogP contribution in [0.15, 0.2) is 103 Å². The molecule has 4 aromatic carbocycles. The van der Waals surface area contributed by atoms with Crippen molar-refractivity contribution in [1.29, 1.82) is 0 Å². The van der Waals surface area contributed by atoms with Crippen molar-refractivity contribution in [3.63, 3.8) is 0 Å². The van der Waals surface area contributed by atoms with E-state index in [2.05, 4.69) is 103 Å². The Morgan fingerprint density at radius 1 is 0.538 bits per heavy atom. The molecular weight excluding hydrogens is 312 g/mol. The molecule has 5 rings (SSSR count). The van der Waals surface area contributed by atoms with Crippen LogP contribution < -0.4 is 0 Å². The predicted molar refractivity (Wildman–Crippen MR) is 109 cm³/mol. The van der Waals surface area contributed by atoms with Crippen LogP contribution in [0.1, 0.15) is 33.7 Å². The van der Waals surface area contributed by atoms with Crippen molar-refractivity contribution in [2.45, 2.75) is 12.3 Å². The van der Waals surface area contributed by atoms with Crippen molar-refractivity contribution in [3.8, 4) is 11.1 Å². The van der Waals surface area contributed by atoms with Crippen LogP contribution in [-0.2, 0) is 6.42 Å². The maximum atomic E-state index is 2.30. The van der Waals surface area contributed by atoms with Crippen molar-refractivity contribution in [1.82, 2.24) is 0 Å². The Balaban J connectivity index is 1.81. The van der Waals surface area contributed by atoms with Gasteiger partial charge in [0, 0.05) is 5.92 Å². The lowest BCUT2D eigenvalue weighted by Gasteiger charge is -2.31. The van der Waals surface area contributed by atoms with Crippen LogP contribution in [0.2, 0.25) is 0 Å². The highest BCUT2D eigenvalue weighted by Crippen LogP contribution is 2.45. The van der Waals surface area contributed by atoms with Gasteiger partial charge in [-0.15, -0.1) is 0 Å². The maximum Gasteiger partial charge on any atom is 0.0351 e. The number of benzene rings is 4. The van der Waals surface area contributed by atoms with Gasteiger partial charge in [0.15, 0.2) is 0 Å². The molecule has 1 unspecified atom stereocenters. The summed E-state index contributed by atoms with van der Waals surface area (Å²) in [7, 11) is 0. The van der Waals surface area contributed by atoms with Crippen molar-refractivity contribution in [2.75, 3.05) is 0 Å². The van der Waals surface area contributed by atoms with Crippen LogP contribution in [0.4, 0.5) is 0 Å². The van der Waals surface area contributed by atoms with Gasteiger partial charge in [-0.1, -0.05) is 103 Å². The molecule has 0 saturated heterocycles. The first-order valence-corrected chi connectivity index (χ1v) is 9.22. The van der Waals surface area contributed by atoms with Crippen LogP contribution in [0.5, 0.6) is 0 Å². The van der Waals surface area contributed by atoms with Gasteiger partial charge in [-0.05, 0) is 45.4 Å². The molecule has 0 saturated carbocycles. The minimum atomic E-state index is 0.285. The van der Waals surface area contributed by atoms with Gasteiger partial charge in [-0.3, -0.25) is 0 Å². The molecule has 4 aromatic rings. The molecule has 0 radical (unpaired) electrons. The van der Waals surface area contributed by atoms with Crippen LogP contribution in [0.25, 0.3) is 11.1 Å². The van der Waals surface area contributed by atoms with Crippen LogP contribution in [0, 0.1) is 0 Å². The molecule has 26 heavy (non-hydrogen) atoms. The first-order chi connectivity index (χ1) is 12.9. The Labute approximate surface area is 154 Å². The van der Waals surface area contributed by atoms with Gasteiger partial charge < -0.3 is 0 Å². The molecule has 0 aromatic heterocycles. The van der Waals surface area contributed by atoms with Crippen LogP contribution in [-0.4, -0.2) is 0 Å². The Morgan fingerprint density at radius 3 is 2.00 bits per heavy atom. The molecule has 0 heterocycles. The van der Waals surface area contributed by atoms with Gasteiger partial charge >= 0.3 is 0 Å². The zero-order valence-corrected chi connectivity index (χ0v) is 14.6. The van der Waals surface area contributed by atoms with Crippen LogP contribution in [0.3, 0.4) is 0 Å². The topological polar surface area (TPSA) is 0 Å². The van der Waals surface area contributed by atoms with E-state index in [1.54, 1.807) is 0 Å². The lowest BCUT2D eigenvalue weighted by Crippen LogP contribution is -2.16. The second kappa shape index (κ2) is 6.31. The molecule has 0 nitrogen and oxygen atoms in total. The summed E-state index contributed by atoms with van der Waals surface area (Å²) in [4.78, 5) is 0. The number of hydrogen-bond acceptors (Lipinski definition) is 0. The summed E-state index contributed by atoms with van der Waals surface area (Å²) in [5, 5.41) is 0. The van der Waals surface area contributed by atoms with E-state index in [0.717, 1.165) is 6.42 Å². The number of rotatable bonds is 2. The SMILES string of the molecule is c1ccc(-c2cccc3c2C(c2ccccc2)c2ccccc2C3)cc1. The standard InChI is InChI=1S/C26H20/c1-3-10-19(11-4-1)23-17-9-15-22-18-21-14-7-8-16-24(21)25(26(22)23)20-12-5-2-6-13-20/h1-17,25H,18H2. The first kappa shape index (κ1) is 15.2. The monoisotopic (exact) mass is 332 g/mol. The summed E-state index contributed by atoms with van der Waals surface area (Å²) in [6.07, 6.45) is 1.01. The van der Waals surface area contributed by atoms with Gasteiger partial charge in [0.1, 0.15) is 0 Å². The average Bonchev–Trinajstić information content (AvgIpc) is 2.73. The van der Waals surface area contributed by atoms with Crippen molar-refractivity contribution in [2.24, 2.45) is 0 Å². The Kier molecular flexibility index (Phi) is 3.68. The second-order valence-electron chi connectivity index (χ2n) is 6.96. The highest BCUT2D eigenvalue weighted by molar-refractivity contribution is 5.73. The predicted octanol–water partition coefficient (Wildman–Crippen LogP) is 6.44. The Bertz CT molecular complexity index is 1050. The lowest BCUT2D eigenvalue weighted by molar-refractivity contribution is 0.888. The molecule has 0 N–H and O–H groups in total. The van der Waals surface area contributed by atoms with E-state index in [1.807, 2.05) is 0 Å². The van der Waals surface area contributed by atoms with Gasteiger partial charge in [-0.2, -0.15) is 0 Å². The molecule has 0 aliphatic heterocycles. The largest absolute Gasteiger partial charge is 0.0622 e. The molecule has 0 fully saturated rings. The van der Waals surface area contributed by atoms with E-state index >= 15 is 0 Å². The first-order valence-electron chi connectivity index (χ1n) is 9.22. The van der Waals surface area contributed by atoms with Crippen molar-refractivity contribution >= 4 is 0 Å². The highest BCUT2D eigenvalue weighted by Gasteiger charge is 2.28. The van der Waals surface area contributed by atoms with Gasteiger partial charge in [0.25, 0.3) is 0 Å². The van der Waals surface area contributed by atoms with E-state index in [9.17, 15) is 0 Å². The third-order valence-corrected chi connectivity index (χ3v) is 5.45. The molecule has 0 bridgehead atoms. The normalized spacial score (nSPS) is 15.2. The Morgan fingerprint density at radius 2 is 1.19 bits per heavy atom. The summed E-state index contributed by atoms with van der Waals surface area (Å²) in [6.45, 7) is 0. The maximum absolute atomic E-state index is 2.30. The minimum absolute atomic E-state index is 0.285. The number of fused-ring (bicyclic) bond motifs is 2. The summed E-state index contributed by atoms with van der Waals surface area (Å²) in [5.74, 6) is 0.285. The fraction of sp³-hybridized carbons (Fsp3) is 0.0769. The van der Waals surface area contributed by atoms with E-state index in [0.29, 0.717) is 0 Å². The fourth-order valence-electron chi connectivity index (χ4n) is 4.31. The second-order valence-corrected chi connectivity index (χ2v) is 6.96. The third kappa shape index (κ3) is 2.46. The fourth-order valence-corrected chi connectivity index (χ4v) is 4.31. The van der Waals surface area contributed by atoms with E-state index in [-0.39, 0.29) is 5.92 Å². The highest BCUT2D eigenvalue weighted by atomic mass is 14.3. The van der Waals surface area contributed by atoms with Crippen LogP contribution >= 0.6 is 0 Å². The zero-order chi connectivity index (χ0) is 17.3. The van der Waals surface area contributed by atoms with Gasteiger partial charge in [0.2, 0.25) is 0 Å². The summed E-state index contributed by atoms with van der Waals surface area (Å²) >= 11 is 0. The molecule has 1 atom stereocenters. The van der Waals surface area contributed by atoms with E-state index in [4.69, 9.17) is 0 Å². The zero-order valence-electron chi connectivity index (χ0n) is 14.6. The van der Waals surface area contributed by atoms with Gasteiger partial charge in [0.05, 0.1) is 0 Å². The van der Waals surface area contributed by atoms with E-state index in [1.165, 1.54) is 38.9 Å².